The van der Waals surface area contributed by atoms with Crippen LogP contribution in [0.15, 0.2) is 42.5 Å². The van der Waals surface area contributed by atoms with Gasteiger partial charge in [0.05, 0.1) is 10.0 Å². The third-order valence-corrected chi connectivity index (χ3v) is 2.71. The summed E-state index contributed by atoms with van der Waals surface area (Å²) in [5.41, 5.74) is 2.18. The molecule has 0 unspecified atom stereocenters. The second-order valence-electron chi connectivity index (χ2n) is 2.92. The van der Waals surface area contributed by atoms with E-state index < -0.39 is 0 Å². The lowest BCUT2D eigenvalue weighted by atomic mass is 10.1. The smallest absolute Gasteiger partial charge is 0.0598 e. The van der Waals surface area contributed by atoms with Gasteiger partial charge in [-0.05, 0) is 29.3 Å². The molecule has 0 fully saturated rings. The van der Waals surface area contributed by atoms with E-state index in [1.807, 2.05) is 36.4 Å². The molecule has 0 heterocycles. The van der Waals surface area contributed by atoms with Crippen LogP contribution >= 0.6 is 23.2 Å². The van der Waals surface area contributed by atoms with Crippen LogP contribution < -0.4 is 0 Å². The fourth-order valence-corrected chi connectivity index (χ4v) is 1.55. The highest BCUT2D eigenvalue weighted by Gasteiger charge is 2.00. The van der Waals surface area contributed by atoms with Crippen LogP contribution in [0.3, 0.4) is 0 Å². The minimum Gasteiger partial charge on any atom is -0.269 e. The lowest BCUT2D eigenvalue weighted by Crippen LogP contribution is -1.77. The Bertz CT molecular complexity index is 441. The van der Waals surface area contributed by atoms with Crippen molar-refractivity contribution in [1.82, 2.24) is 0 Å². The molecular weight excluding hydrogens is 234 g/mol. The van der Waals surface area contributed by atoms with Crippen molar-refractivity contribution in [3.63, 3.8) is 0 Å². The molecule has 0 nitrogen and oxygen atoms in total. The molecule has 0 saturated heterocycles. The van der Waals surface area contributed by atoms with Crippen LogP contribution in [0.1, 0.15) is 0 Å². The van der Waals surface area contributed by atoms with Gasteiger partial charge >= 0.3 is 0 Å². The molecule has 0 N–H and O–H groups in total. The van der Waals surface area contributed by atoms with Crippen molar-refractivity contribution in [2.24, 2.45) is 0 Å². The van der Waals surface area contributed by atoms with E-state index in [9.17, 15) is 0 Å². The van der Waals surface area contributed by atoms with E-state index in [1.54, 1.807) is 6.07 Å². The number of halogens is 3. The average molecular weight is 242 g/mol. The molecule has 0 amide bonds. The maximum Gasteiger partial charge on any atom is 0.0598 e. The summed E-state index contributed by atoms with van der Waals surface area (Å²) < 4.78 is 0. The third kappa shape index (κ3) is 2.71. The molecule has 0 aliphatic carbocycles. The molecule has 3 heteroatoms. The Balaban J connectivity index is 0.00000112. The highest BCUT2D eigenvalue weighted by atomic mass is 35.5. The van der Waals surface area contributed by atoms with Crippen LogP contribution in [0, 0.1) is 6.07 Å². The zero-order valence-electron chi connectivity index (χ0n) is 7.71. The Morgan fingerprint density at radius 1 is 0.800 bits per heavy atom. The van der Waals surface area contributed by atoms with E-state index in [2.05, 4.69) is 6.07 Å². The summed E-state index contributed by atoms with van der Waals surface area (Å²) in [6, 6.07) is 16.3. The molecule has 77 valence electrons. The summed E-state index contributed by atoms with van der Waals surface area (Å²) in [5, 5.41) is 1.16. The van der Waals surface area contributed by atoms with Gasteiger partial charge in [-0.2, -0.15) is 0 Å². The fraction of sp³-hybridized carbons (Fsp3) is 0. The fourth-order valence-electron chi connectivity index (χ4n) is 1.26. The molecule has 2 rings (SSSR count). The van der Waals surface area contributed by atoms with Gasteiger partial charge in [0.25, 0.3) is 0 Å². The van der Waals surface area contributed by atoms with Crippen molar-refractivity contribution in [1.29, 1.82) is 0 Å². The SMILES string of the molecule is Clc1ccc(-c2cc[c]cc2)cc1Cl.F. The lowest BCUT2D eigenvalue weighted by molar-refractivity contribution is 1.11. The highest BCUT2D eigenvalue weighted by Crippen LogP contribution is 2.28. The van der Waals surface area contributed by atoms with Crippen molar-refractivity contribution in [2.45, 2.75) is 0 Å². The topological polar surface area (TPSA) is 0 Å². The molecule has 0 bridgehead atoms. The minimum atomic E-state index is 0. The molecular formula is C12H8Cl2F. The maximum absolute atomic E-state index is 5.92. The van der Waals surface area contributed by atoms with Crippen molar-refractivity contribution >= 4 is 23.2 Å². The third-order valence-electron chi connectivity index (χ3n) is 1.97. The summed E-state index contributed by atoms with van der Waals surface area (Å²) in [7, 11) is 0. The molecule has 15 heavy (non-hydrogen) atoms. The van der Waals surface area contributed by atoms with Crippen molar-refractivity contribution in [3.8, 4) is 11.1 Å². The Labute approximate surface area is 97.8 Å². The van der Waals surface area contributed by atoms with Crippen molar-refractivity contribution < 1.29 is 4.70 Å². The minimum absolute atomic E-state index is 0. The van der Waals surface area contributed by atoms with E-state index in [0.29, 0.717) is 10.0 Å². The second kappa shape index (κ2) is 5.15. The predicted octanol–water partition coefficient (Wildman–Crippen LogP) is 4.61. The summed E-state index contributed by atoms with van der Waals surface area (Å²) in [6.45, 7) is 0. The van der Waals surface area contributed by atoms with Gasteiger partial charge in [0.1, 0.15) is 0 Å². The van der Waals surface area contributed by atoms with Gasteiger partial charge in [-0.1, -0.05) is 53.5 Å². The van der Waals surface area contributed by atoms with Gasteiger partial charge < -0.3 is 0 Å². The van der Waals surface area contributed by atoms with E-state index >= 15 is 0 Å². The quantitative estimate of drug-likeness (QED) is 0.684. The second-order valence-corrected chi connectivity index (χ2v) is 3.73. The van der Waals surface area contributed by atoms with Crippen LogP contribution in [-0.4, -0.2) is 0 Å². The molecule has 0 aliphatic rings. The van der Waals surface area contributed by atoms with E-state index in [4.69, 9.17) is 23.2 Å². The van der Waals surface area contributed by atoms with Crippen molar-refractivity contribution in [3.05, 3.63) is 58.6 Å². The molecule has 0 atom stereocenters. The van der Waals surface area contributed by atoms with Gasteiger partial charge in [0.2, 0.25) is 0 Å². The van der Waals surface area contributed by atoms with Crippen LogP contribution in [0.25, 0.3) is 11.1 Å². The Kier molecular flexibility index (Phi) is 4.13. The maximum atomic E-state index is 5.92. The number of benzene rings is 2. The largest absolute Gasteiger partial charge is 0.269 e. The Morgan fingerprint density at radius 2 is 1.47 bits per heavy atom. The normalized spacial score (nSPS) is 9.47. The van der Waals surface area contributed by atoms with Gasteiger partial charge in [-0.15, -0.1) is 0 Å². The van der Waals surface area contributed by atoms with E-state index in [-0.39, 0.29) is 4.70 Å². The van der Waals surface area contributed by atoms with Gasteiger partial charge in [-0.25, -0.2) is 0 Å². The summed E-state index contributed by atoms with van der Waals surface area (Å²) in [4.78, 5) is 0. The summed E-state index contributed by atoms with van der Waals surface area (Å²) in [5.74, 6) is 0. The monoisotopic (exact) mass is 241 g/mol. The first-order valence-electron chi connectivity index (χ1n) is 4.19. The molecule has 0 aliphatic heterocycles. The number of hydrogen-bond donors (Lipinski definition) is 0. The molecule has 1 radical (unpaired) electrons. The summed E-state index contributed by atoms with van der Waals surface area (Å²) >= 11 is 11.8. The number of hydrogen-bond acceptors (Lipinski definition) is 0. The van der Waals surface area contributed by atoms with Crippen LogP contribution in [0.4, 0.5) is 4.70 Å². The van der Waals surface area contributed by atoms with Crippen LogP contribution in [0.2, 0.25) is 10.0 Å². The standard InChI is InChI=1S/C12H7Cl2.FH/c13-11-7-6-10(8-12(11)14)9-4-2-1-3-5-9;/h2-8H;1H. The van der Waals surface area contributed by atoms with E-state index in [1.165, 1.54) is 0 Å². The lowest BCUT2D eigenvalue weighted by Gasteiger charge is -2.02. The predicted molar refractivity (Wildman–Crippen MR) is 63.2 cm³/mol. The highest BCUT2D eigenvalue weighted by molar-refractivity contribution is 6.42. The zero-order chi connectivity index (χ0) is 9.97. The number of rotatable bonds is 1. The van der Waals surface area contributed by atoms with E-state index in [0.717, 1.165) is 11.1 Å². The average Bonchev–Trinajstić information content (AvgIpc) is 2.23. The zero-order valence-corrected chi connectivity index (χ0v) is 9.22. The Morgan fingerprint density at radius 3 is 2.07 bits per heavy atom. The van der Waals surface area contributed by atoms with Crippen LogP contribution in [-0.2, 0) is 0 Å². The van der Waals surface area contributed by atoms with Gasteiger partial charge in [0, 0.05) is 0 Å². The molecule has 2 aromatic rings. The molecule has 0 spiro atoms. The first-order valence-corrected chi connectivity index (χ1v) is 4.94. The first-order chi connectivity index (χ1) is 6.77. The molecule has 2 aromatic carbocycles. The van der Waals surface area contributed by atoms with Crippen LogP contribution in [0.5, 0.6) is 0 Å². The Hall–Kier alpha value is -1.05. The van der Waals surface area contributed by atoms with Crippen molar-refractivity contribution in [2.75, 3.05) is 0 Å². The molecule has 0 aromatic heterocycles. The van der Waals surface area contributed by atoms with Gasteiger partial charge in [-0.3, -0.25) is 4.70 Å². The first kappa shape index (κ1) is 12.0. The summed E-state index contributed by atoms with van der Waals surface area (Å²) in [6.07, 6.45) is 0. The van der Waals surface area contributed by atoms with Gasteiger partial charge in [0.15, 0.2) is 0 Å². The molecule has 0 saturated carbocycles.